The molecule has 0 atom stereocenters. The van der Waals surface area contributed by atoms with E-state index < -0.39 is 0 Å². The third kappa shape index (κ3) is 5.70. The Kier molecular flexibility index (Phi) is 7.82. The first-order chi connectivity index (χ1) is 17.4. The lowest BCUT2D eigenvalue weighted by atomic mass is 9.49. The van der Waals surface area contributed by atoms with Gasteiger partial charge in [-0.1, -0.05) is 30.3 Å². The lowest BCUT2D eigenvalue weighted by molar-refractivity contribution is -0.160. The molecule has 0 aliphatic heterocycles. The summed E-state index contributed by atoms with van der Waals surface area (Å²) in [6, 6.07) is 14.4. The average molecular weight is 509 g/mol. The Balaban J connectivity index is 1.34. The summed E-state index contributed by atoms with van der Waals surface area (Å²) in [6.45, 7) is 4.55. The average Bonchev–Trinajstić information content (AvgIpc) is 3.27. The SMILES string of the molecule is COCCCN(CC(=O)N(Cc1ccccc1)Cc1ccc(C)s1)C(=O)C12CC3CC(CC(C3)C1)C2. The van der Waals surface area contributed by atoms with Crippen LogP contribution in [0.4, 0.5) is 0 Å². The van der Waals surface area contributed by atoms with Gasteiger partial charge < -0.3 is 14.5 Å². The van der Waals surface area contributed by atoms with E-state index in [9.17, 15) is 9.59 Å². The van der Waals surface area contributed by atoms with Crippen molar-refractivity contribution in [1.29, 1.82) is 0 Å². The zero-order valence-electron chi connectivity index (χ0n) is 21.8. The van der Waals surface area contributed by atoms with Gasteiger partial charge in [-0.3, -0.25) is 9.59 Å². The summed E-state index contributed by atoms with van der Waals surface area (Å²) in [4.78, 5) is 34.3. The Morgan fingerprint density at radius 2 is 1.61 bits per heavy atom. The Hall–Kier alpha value is -2.18. The number of carbonyl (C=O) groups excluding carboxylic acids is 2. The molecule has 4 aliphatic rings. The van der Waals surface area contributed by atoms with Gasteiger partial charge in [0.15, 0.2) is 0 Å². The summed E-state index contributed by atoms with van der Waals surface area (Å²) in [5.41, 5.74) is 0.870. The van der Waals surface area contributed by atoms with Crippen molar-refractivity contribution in [1.82, 2.24) is 9.80 Å². The third-order valence-corrected chi connectivity index (χ3v) is 9.58. The van der Waals surface area contributed by atoms with E-state index in [1.54, 1.807) is 18.4 Å². The van der Waals surface area contributed by atoms with Gasteiger partial charge in [0.2, 0.25) is 11.8 Å². The highest BCUT2D eigenvalue weighted by Gasteiger charge is 2.55. The van der Waals surface area contributed by atoms with Crippen LogP contribution in [-0.4, -0.2) is 48.4 Å². The van der Waals surface area contributed by atoms with Crippen LogP contribution in [0.3, 0.4) is 0 Å². The Morgan fingerprint density at radius 1 is 0.944 bits per heavy atom. The number of methoxy groups -OCH3 is 1. The van der Waals surface area contributed by atoms with Crippen LogP contribution in [0.5, 0.6) is 0 Å². The maximum Gasteiger partial charge on any atom is 0.242 e. The van der Waals surface area contributed by atoms with Gasteiger partial charge in [-0.2, -0.15) is 0 Å². The number of amides is 2. The minimum Gasteiger partial charge on any atom is -0.385 e. The summed E-state index contributed by atoms with van der Waals surface area (Å²) < 4.78 is 5.30. The molecule has 194 valence electrons. The van der Waals surface area contributed by atoms with E-state index in [-0.39, 0.29) is 23.8 Å². The Morgan fingerprint density at radius 3 is 2.19 bits per heavy atom. The molecule has 1 aromatic heterocycles. The lowest BCUT2D eigenvalue weighted by Gasteiger charge is -2.56. The summed E-state index contributed by atoms with van der Waals surface area (Å²) in [5.74, 6) is 2.37. The number of ether oxygens (including phenoxy) is 1. The first-order valence-corrected chi connectivity index (χ1v) is 14.4. The number of rotatable bonds is 11. The normalized spacial score (nSPS) is 26.2. The molecule has 0 unspecified atom stereocenters. The topological polar surface area (TPSA) is 49.9 Å². The summed E-state index contributed by atoms with van der Waals surface area (Å²) in [6.07, 6.45) is 7.74. The fourth-order valence-electron chi connectivity index (χ4n) is 7.42. The highest BCUT2D eigenvalue weighted by Crippen LogP contribution is 2.60. The minimum atomic E-state index is -0.239. The summed E-state index contributed by atoms with van der Waals surface area (Å²) in [7, 11) is 1.70. The fourth-order valence-corrected chi connectivity index (χ4v) is 8.32. The van der Waals surface area contributed by atoms with Gasteiger partial charge in [-0.25, -0.2) is 0 Å². The molecule has 4 bridgehead atoms. The maximum atomic E-state index is 14.2. The third-order valence-electron chi connectivity index (χ3n) is 8.59. The summed E-state index contributed by atoms with van der Waals surface area (Å²) >= 11 is 1.73. The van der Waals surface area contributed by atoms with Gasteiger partial charge in [0.05, 0.1) is 18.5 Å². The molecular formula is C30H40N2O3S. The van der Waals surface area contributed by atoms with Gasteiger partial charge in [0.25, 0.3) is 0 Å². The molecule has 0 saturated heterocycles. The second-order valence-electron chi connectivity index (χ2n) is 11.5. The molecule has 2 aromatic rings. The highest BCUT2D eigenvalue weighted by atomic mass is 32.1. The molecule has 0 N–H and O–H groups in total. The maximum absolute atomic E-state index is 14.2. The standard InChI is InChI=1S/C30H40N2O3S/c1-22-9-10-27(36-22)20-32(19-23-7-4-3-5-8-23)28(33)21-31(11-6-12-35-2)29(34)30-16-24-13-25(17-30)15-26(14-24)18-30/h3-5,7-10,24-26H,6,11-21H2,1-2H3. The molecule has 1 aromatic carbocycles. The van der Waals surface area contributed by atoms with E-state index in [1.807, 2.05) is 28.0 Å². The van der Waals surface area contributed by atoms with Crippen LogP contribution in [0.1, 0.15) is 60.3 Å². The Bertz CT molecular complexity index is 1010. The molecule has 4 fully saturated rings. The molecule has 36 heavy (non-hydrogen) atoms. The second-order valence-corrected chi connectivity index (χ2v) is 12.9. The van der Waals surface area contributed by atoms with E-state index >= 15 is 0 Å². The first kappa shape index (κ1) is 25.5. The monoisotopic (exact) mass is 508 g/mol. The fraction of sp³-hybridized carbons (Fsp3) is 0.600. The van der Waals surface area contributed by atoms with Crippen LogP contribution in [0.15, 0.2) is 42.5 Å². The first-order valence-electron chi connectivity index (χ1n) is 13.6. The van der Waals surface area contributed by atoms with Crippen molar-refractivity contribution >= 4 is 23.2 Å². The van der Waals surface area contributed by atoms with Gasteiger partial charge in [0.1, 0.15) is 0 Å². The second kappa shape index (κ2) is 11.1. The van der Waals surface area contributed by atoms with Crippen molar-refractivity contribution in [2.45, 2.75) is 65.0 Å². The predicted molar refractivity (Wildman–Crippen MR) is 143 cm³/mol. The molecule has 4 aliphatic carbocycles. The van der Waals surface area contributed by atoms with Crippen LogP contribution >= 0.6 is 11.3 Å². The van der Waals surface area contributed by atoms with E-state index in [4.69, 9.17) is 4.74 Å². The number of aryl methyl sites for hydroxylation is 1. The largest absolute Gasteiger partial charge is 0.385 e. The number of nitrogens with zero attached hydrogens (tertiary/aromatic N) is 2. The summed E-state index contributed by atoms with van der Waals surface area (Å²) in [5, 5.41) is 0. The van der Waals surface area contributed by atoms with Crippen molar-refractivity contribution in [3.63, 3.8) is 0 Å². The van der Waals surface area contributed by atoms with Crippen LogP contribution in [0.2, 0.25) is 0 Å². The van der Waals surface area contributed by atoms with Gasteiger partial charge in [0, 0.05) is 36.6 Å². The molecule has 2 amide bonds. The molecule has 1 heterocycles. The van der Waals surface area contributed by atoms with Gasteiger partial charge >= 0.3 is 0 Å². The van der Waals surface area contributed by atoms with Crippen LogP contribution in [0, 0.1) is 30.1 Å². The zero-order chi connectivity index (χ0) is 25.1. The van der Waals surface area contributed by atoms with Crippen molar-refractivity contribution in [3.05, 3.63) is 57.8 Å². The zero-order valence-corrected chi connectivity index (χ0v) is 22.6. The van der Waals surface area contributed by atoms with Gasteiger partial charge in [-0.15, -0.1) is 11.3 Å². The van der Waals surface area contributed by atoms with Crippen molar-refractivity contribution < 1.29 is 14.3 Å². The van der Waals surface area contributed by atoms with E-state index in [0.29, 0.717) is 44.0 Å². The highest BCUT2D eigenvalue weighted by molar-refractivity contribution is 7.11. The van der Waals surface area contributed by atoms with Crippen molar-refractivity contribution in [2.75, 3.05) is 26.8 Å². The van der Waals surface area contributed by atoms with Crippen LogP contribution in [0.25, 0.3) is 0 Å². The van der Waals surface area contributed by atoms with E-state index in [2.05, 4.69) is 31.2 Å². The predicted octanol–water partition coefficient (Wildman–Crippen LogP) is 5.67. The number of hydrogen-bond acceptors (Lipinski definition) is 4. The quantitative estimate of drug-likeness (QED) is 0.368. The van der Waals surface area contributed by atoms with Crippen molar-refractivity contribution in [2.24, 2.45) is 23.2 Å². The smallest absolute Gasteiger partial charge is 0.242 e. The molecule has 5 nitrogen and oxygen atoms in total. The van der Waals surface area contributed by atoms with Crippen LogP contribution in [-0.2, 0) is 27.4 Å². The van der Waals surface area contributed by atoms with E-state index in [1.165, 1.54) is 29.0 Å². The molecule has 6 rings (SSSR count). The molecule has 0 spiro atoms. The van der Waals surface area contributed by atoms with Crippen molar-refractivity contribution in [3.8, 4) is 0 Å². The van der Waals surface area contributed by atoms with Crippen LogP contribution < -0.4 is 0 Å². The molecular weight excluding hydrogens is 468 g/mol. The number of carbonyl (C=O) groups is 2. The number of hydrogen-bond donors (Lipinski definition) is 0. The number of benzene rings is 1. The number of thiophene rings is 1. The van der Waals surface area contributed by atoms with Gasteiger partial charge in [-0.05, 0) is 87.3 Å². The molecule has 6 heteroatoms. The molecule has 4 saturated carbocycles. The molecule has 0 radical (unpaired) electrons. The Labute approximate surface area is 219 Å². The lowest BCUT2D eigenvalue weighted by Crippen LogP contribution is -2.56. The van der Waals surface area contributed by atoms with E-state index in [0.717, 1.165) is 31.2 Å². The minimum absolute atomic E-state index is 0.0281.